The highest BCUT2D eigenvalue weighted by Crippen LogP contribution is 2.04. The summed E-state index contributed by atoms with van der Waals surface area (Å²) < 4.78 is 0. The minimum Gasteiger partial charge on any atom is -0.349 e. The number of hydrogen-bond donors (Lipinski definition) is 4. The van der Waals surface area contributed by atoms with Crippen molar-refractivity contribution >= 4 is 29.2 Å². The summed E-state index contributed by atoms with van der Waals surface area (Å²) in [5, 5.41) is 10.5. The Morgan fingerprint density at radius 1 is 1.12 bits per heavy atom. The molecule has 2 rings (SSSR count). The number of ketones is 1. The number of nitrogens with one attached hydrogen (secondary N) is 4. The van der Waals surface area contributed by atoms with Crippen LogP contribution in [0.3, 0.4) is 0 Å². The van der Waals surface area contributed by atoms with Gasteiger partial charge in [-0.3, -0.25) is 24.5 Å². The quantitative estimate of drug-likeness (QED) is 0.575. The molecule has 1 unspecified atom stereocenters. The van der Waals surface area contributed by atoms with Gasteiger partial charge >= 0.3 is 0 Å². The standard InChI is InChI=1S/C16H20N4O4/c21-12-8-17-13(6-7-14(22)18-9-12)16(24)19-10-15(23)20-11-4-2-1-3-5-11/h1-5,13,17H,6-10H2,(H,18,22)(H,19,24)(H,20,23). The summed E-state index contributed by atoms with van der Waals surface area (Å²) in [4.78, 5) is 46.9. The fourth-order valence-corrected chi connectivity index (χ4v) is 2.20. The molecule has 1 fully saturated rings. The second-order valence-electron chi connectivity index (χ2n) is 5.42. The third kappa shape index (κ3) is 5.81. The SMILES string of the molecule is O=C1CNC(=O)CCC(C(=O)NCC(=O)Nc2ccccc2)NC1. The lowest BCUT2D eigenvalue weighted by atomic mass is 10.1. The summed E-state index contributed by atoms with van der Waals surface area (Å²) in [7, 11) is 0. The predicted octanol–water partition coefficient (Wildman–Crippen LogP) is -0.821. The lowest BCUT2D eigenvalue weighted by Gasteiger charge is -2.16. The molecule has 0 spiro atoms. The van der Waals surface area contributed by atoms with E-state index >= 15 is 0 Å². The number of Topliss-reactive ketones (excluding diaryl/α,β-unsaturated/α-hetero) is 1. The van der Waals surface area contributed by atoms with Gasteiger partial charge in [-0.2, -0.15) is 0 Å². The molecule has 0 radical (unpaired) electrons. The average Bonchev–Trinajstić information content (AvgIpc) is 2.66. The van der Waals surface area contributed by atoms with E-state index in [0.29, 0.717) is 5.69 Å². The molecule has 128 valence electrons. The van der Waals surface area contributed by atoms with Crippen LogP contribution in [0.2, 0.25) is 0 Å². The van der Waals surface area contributed by atoms with Gasteiger partial charge < -0.3 is 16.0 Å². The highest BCUT2D eigenvalue weighted by atomic mass is 16.2. The van der Waals surface area contributed by atoms with Crippen LogP contribution in [0.1, 0.15) is 12.8 Å². The van der Waals surface area contributed by atoms with Crippen LogP contribution in [-0.2, 0) is 19.2 Å². The molecule has 1 saturated heterocycles. The number of carbonyl (C=O) groups is 4. The Labute approximate surface area is 139 Å². The Hall–Kier alpha value is -2.74. The largest absolute Gasteiger partial charge is 0.349 e. The van der Waals surface area contributed by atoms with Crippen molar-refractivity contribution in [1.82, 2.24) is 16.0 Å². The van der Waals surface area contributed by atoms with Crippen molar-refractivity contribution in [2.75, 3.05) is 25.0 Å². The van der Waals surface area contributed by atoms with Crippen molar-refractivity contribution in [3.05, 3.63) is 30.3 Å². The minimum atomic E-state index is -0.692. The van der Waals surface area contributed by atoms with Gasteiger partial charge in [-0.15, -0.1) is 0 Å². The first-order chi connectivity index (χ1) is 11.5. The van der Waals surface area contributed by atoms with Gasteiger partial charge in [0.2, 0.25) is 17.7 Å². The van der Waals surface area contributed by atoms with E-state index in [1.807, 2.05) is 6.07 Å². The lowest BCUT2D eigenvalue weighted by molar-refractivity contribution is -0.126. The van der Waals surface area contributed by atoms with Crippen molar-refractivity contribution in [3.63, 3.8) is 0 Å². The first-order valence-electron chi connectivity index (χ1n) is 7.69. The molecule has 4 N–H and O–H groups in total. The molecule has 1 aromatic carbocycles. The fourth-order valence-electron chi connectivity index (χ4n) is 2.20. The third-order valence-corrected chi connectivity index (χ3v) is 3.49. The molecular formula is C16H20N4O4. The third-order valence-electron chi connectivity index (χ3n) is 3.49. The molecule has 1 heterocycles. The number of carbonyl (C=O) groups excluding carboxylic acids is 4. The van der Waals surface area contributed by atoms with Gasteiger partial charge in [0, 0.05) is 12.1 Å². The lowest BCUT2D eigenvalue weighted by Crippen LogP contribution is -2.47. The summed E-state index contributed by atoms with van der Waals surface area (Å²) in [6, 6.07) is 8.20. The minimum absolute atomic E-state index is 0.00538. The molecular weight excluding hydrogens is 312 g/mol. The average molecular weight is 332 g/mol. The summed E-state index contributed by atoms with van der Waals surface area (Å²) in [5.41, 5.74) is 0.639. The van der Waals surface area contributed by atoms with Crippen LogP contribution >= 0.6 is 0 Å². The Balaban J connectivity index is 1.82. The Morgan fingerprint density at radius 2 is 1.88 bits per heavy atom. The fraction of sp³-hybridized carbons (Fsp3) is 0.375. The van der Waals surface area contributed by atoms with Gasteiger partial charge in [-0.25, -0.2) is 0 Å². The molecule has 0 aromatic heterocycles. The molecule has 1 aliphatic rings. The van der Waals surface area contributed by atoms with E-state index in [4.69, 9.17) is 0 Å². The zero-order chi connectivity index (χ0) is 17.4. The van der Waals surface area contributed by atoms with Crippen molar-refractivity contribution in [3.8, 4) is 0 Å². The van der Waals surface area contributed by atoms with Crippen LogP contribution in [0.5, 0.6) is 0 Å². The zero-order valence-electron chi connectivity index (χ0n) is 13.1. The van der Waals surface area contributed by atoms with Gasteiger partial charge in [-0.05, 0) is 18.6 Å². The van der Waals surface area contributed by atoms with Gasteiger partial charge in [-0.1, -0.05) is 18.2 Å². The smallest absolute Gasteiger partial charge is 0.243 e. The zero-order valence-corrected chi connectivity index (χ0v) is 13.1. The molecule has 8 nitrogen and oxygen atoms in total. The second-order valence-corrected chi connectivity index (χ2v) is 5.42. The van der Waals surface area contributed by atoms with Crippen molar-refractivity contribution in [2.45, 2.75) is 18.9 Å². The van der Waals surface area contributed by atoms with E-state index in [1.165, 1.54) is 0 Å². The van der Waals surface area contributed by atoms with Crippen LogP contribution in [0, 0.1) is 0 Å². The Kier molecular flexibility index (Phi) is 6.44. The van der Waals surface area contributed by atoms with Gasteiger partial charge in [0.15, 0.2) is 5.78 Å². The van der Waals surface area contributed by atoms with E-state index in [1.54, 1.807) is 24.3 Å². The van der Waals surface area contributed by atoms with E-state index in [9.17, 15) is 19.2 Å². The molecule has 1 atom stereocenters. The van der Waals surface area contributed by atoms with Crippen LogP contribution in [0.4, 0.5) is 5.69 Å². The maximum absolute atomic E-state index is 12.1. The van der Waals surface area contributed by atoms with Gasteiger partial charge in [0.1, 0.15) is 0 Å². The number of benzene rings is 1. The molecule has 0 aliphatic carbocycles. The maximum atomic E-state index is 12.1. The van der Waals surface area contributed by atoms with Gasteiger partial charge in [0.05, 0.1) is 25.7 Å². The molecule has 1 aromatic rings. The monoisotopic (exact) mass is 332 g/mol. The van der Waals surface area contributed by atoms with E-state index in [2.05, 4.69) is 21.3 Å². The first kappa shape index (κ1) is 17.6. The number of para-hydroxylation sites is 1. The molecule has 0 bridgehead atoms. The van der Waals surface area contributed by atoms with Crippen molar-refractivity contribution in [2.24, 2.45) is 0 Å². The summed E-state index contributed by atoms with van der Waals surface area (Å²) in [6.07, 6.45) is 0.389. The highest BCUT2D eigenvalue weighted by Gasteiger charge is 2.22. The second kappa shape index (κ2) is 8.78. The number of rotatable bonds is 4. The van der Waals surface area contributed by atoms with Crippen molar-refractivity contribution < 1.29 is 19.2 Å². The van der Waals surface area contributed by atoms with Crippen LogP contribution in [0.25, 0.3) is 0 Å². The number of anilines is 1. The Bertz CT molecular complexity index is 598. The molecule has 0 saturated carbocycles. The van der Waals surface area contributed by atoms with E-state index in [0.717, 1.165) is 0 Å². The van der Waals surface area contributed by atoms with E-state index < -0.39 is 11.9 Å². The summed E-state index contributed by atoms with van der Waals surface area (Å²) in [5.74, 6) is -1.25. The summed E-state index contributed by atoms with van der Waals surface area (Å²) in [6.45, 7) is -0.236. The first-order valence-corrected chi connectivity index (χ1v) is 7.69. The number of hydrogen-bond acceptors (Lipinski definition) is 5. The Morgan fingerprint density at radius 3 is 2.62 bits per heavy atom. The van der Waals surface area contributed by atoms with Crippen LogP contribution in [-0.4, -0.2) is 49.2 Å². The molecule has 3 amide bonds. The molecule has 24 heavy (non-hydrogen) atoms. The summed E-state index contributed by atoms with van der Waals surface area (Å²) >= 11 is 0. The molecule has 8 heteroatoms. The van der Waals surface area contributed by atoms with Crippen LogP contribution in [0.15, 0.2) is 30.3 Å². The maximum Gasteiger partial charge on any atom is 0.243 e. The normalized spacial score (nSPS) is 18.6. The van der Waals surface area contributed by atoms with Crippen molar-refractivity contribution in [1.29, 1.82) is 0 Å². The predicted molar refractivity (Wildman–Crippen MR) is 87.1 cm³/mol. The van der Waals surface area contributed by atoms with E-state index in [-0.39, 0.29) is 50.1 Å². The van der Waals surface area contributed by atoms with Crippen LogP contribution < -0.4 is 21.3 Å². The topological polar surface area (TPSA) is 116 Å². The molecule has 1 aliphatic heterocycles. The van der Waals surface area contributed by atoms with Gasteiger partial charge in [0.25, 0.3) is 0 Å². The highest BCUT2D eigenvalue weighted by molar-refractivity contribution is 5.95. The number of amides is 3.